The lowest BCUT2D eigenvalue weighted by atomic mass is 9.72. The molecule has 0 fully saturated rings. The number of ether oxygens (including phenoxy) is 2. The minimum atomic E-state index is -0.993. The van der Waals surface area contributed by atoms with Crippen molar-refractivity contribution in [2.24, 2.45) is 0 Å². The van der Waals surface area contributed by atoms with Crippen LogP contribution in [-0.4, -0.2) is 25.0 Å². The maximum Gasteiger partial charge on any atom is 0.313 e. The Morgan fingerprint density at radius 1 is 1.17 bits per heavy atom. The summed E-state index contributed by atoms with van der Waals surface area (Å²) in [6, 6.07) is 15.1. The minimum Gasteiger partial charge on any atom is -0.490 e. The van der Waals surface area contributed by atoms with Crippen LogP contribution in [0.5, 0.6) is 5.75 Å². The molecule has 1 aliphatic rings. The average Bonchev–Trinajstić information content (AvgIpc) is 2.98. The van der Waals surface area contributed by atoms with Gasteiger partial charge in [-0.2, -0.15) is 0 Å². The fraction of sp³-hybridized carbons (Fsp3) is 0.263. The molecule has 124 valence electrons. The van der Waals surface area contributed by atoms with E-state index in [1.165, 1.54) is 0 Å². The summed E-state index contributed by atoms with van der Waals surface area (Å²) in [6.07, 6.45) is -0.280. The van der Waals surface area contributed by atoms with Crippen molar-refractivity contribution in [3.8, 4) is 5.75 Å². The van der Waals surface area contributed by atoms with Crippen molar-refractivity contribution in [1.29, 1.82) is 0 Å². The van der Waals surface area contributed by atoms with E-state index < -0.39 is 11.4 Å². The zero-order valence-electron chi connectivity index (χ0n) is 13.3. The summed E-state index contributed by atoms with van der Waals surface area (Å²) in [5.74, 6) is -0.0798. The van der Waals surface area contributed by atoms with Crippen LogP contribution in [0, 0.1) is 0 Å². The third kappa shape index (κ3) is 2.73. The predicted molar refractivity (Wildman–Crippen MR) is 93.1 cm³/mol. The SMILES string of the molecule is CCOC(=O)CC(=O)C1(c2ccccc2)COc2c(Br)cccc21. The number of hydrogen-bond donors (Lipinski definition) is 0. The van der Waals surface area contributed by atoms with Gasteiger partial charge in [0.05, 0.1) is 11.1 Å². The molecular weight excluding hydrogens is 372 g/mol. The molecule has 3 rings (SSSR count). The van der Waals surface area contributed by atoms with Crippen LogP contribution in [0.1, 0.15) is 24.5 Å². The first-order valence-electron chi connectivity index (χ1n) is 7.76. The first kappa shape index (κ1) is 16.7. The van der Waals surface area contributed by atoms with E-state index in [2.05, 4.69) is 15.9 Å². The minimum absolute atomic E-state index is 0.174. The van der Waals surface area contributed by atoms with Crippen molar-refractivity contribution in [3.63, 3.8) is 0 Å². The fourth-order valence-corrected chi connectivity index (χ4v) is 3.58. The Hall–Kier alpha value is -2.14. The van der Waals surface area contributed by atoms with Gasteiger partial charge in [0.15, 0.2) is 5.78 Å². The van der Waals surface area contributed by atoms with Crippen molar-refractivity contribution in [1.82, 2.24) is 0 Å². The van der Waals surface area contributed by atoms with Crippen LogP contribution in [0.2, 0.25) is 0 Å². The van der Waals surface area contributed by atoms with Gasteiger partial charge in [-0.3, -0.25) is 9.59 Å². The molecular formula is C19H17BrO4. The molecule has 24 heavy (non-hydrogen) atoms. The number of ketones is 1. The number of fused-ring (bicyclic) bond motifs is 1. The molecule has 0 spiro atoms. The number of Topliss-reactive ketones (excluding diaryl/α,β-unsaturated/α-hetero) is 1. The Morgan fingerprint density at radius 3 is 2.62 bits per heavy atom. The van der Waals surface area contributed by atoms with Crippen molar-refractivity contribution in [2.45, 2.75) is 18.8 Å². The second-order valence-electron chi connectivity index (χ2n) is 5.58. The normalized spacial score (nSPS) is 18.6. The molecule has 0 aliphatic carbocycles. The summed E-state index contributed by atoms with van der Waals surface area (Å²) in [7, 11) is 0. The van der Waals surface area contributed by atoms with Crippen molar-refractivity contribution < 1.29 is 19.1 Å². The second-order valence-corrected chi connectivity index (χ2v) is 6.44. The van der Waals surface area contributed by atoms with E-state index in [0.29, 0.717) is 5.75 Å². The van der Waals surface area contributed by atoms with Gasteiger partial charge < -0.3 is 9.47 Å². The molecule has 0 aromatic heterocycles. The molecule has 0 saturated heterocycles. The molecule has 2 aromatic rings. The van der Waals surface area contributed by atoms with Crippen LogP contribution < -0.4 is 4.74 Å². The topological polar surface area (TPSA) is 52.6 Å². The molecule has 1 unspecified atom stereocenters. The lowest BCUT2D eigenvalue weighted by Crippen LogP contribution is -2.40. The highest BCUT2D eigenvalue weighted by molar-refractivity contribution is 9.10. The Bertz CT molecular complexity index is 772. The van der Waals surface area contributed by atoms with Crippen molar-refractivity contribution in [3.05, 3.63) is 64.1 Å². The van der Waals surface area contributed by atoms with Crippen LogP contribution >= 0.6 is 15.9 Å². The second kappa shape index (κ2) is 6.77. The van der Waals surface area contributed by atoms with Gasteiger partial charge in [0, 0.05) is 5.56 Å². The summed E-state index contributed by atoms with van der Waals surface area (Å²) < 4.78 is 11.6. The molecule has 0 saturated carbocycles. The molecule has 5 heteroatoms. The maximum absolute atomic E-state index is 13.1. The zero-order chi connectivity index (χ0) is 17.2. The molecule has 0 bridgehead atoms. The van der Waals surface area contributed by atoms with E-state index >= 15 is 0 Å². The molecule has 1 heterocycles. The van der Waals surface area contributed by atoms with E-state index in [1.54, 1.807) is 6.92 Å². The number of hydrogen-bond acceptors (Lipinski definition) is 4. The molecule has 0 radical (unpaired) electrons. The molecule has 0 amide bonds. The van der Waals surface area contributed by atoms with Gasteiger partial charge in [-0.05, 0) is 34.5 Å². The molecule has 1 atom stereocenters. The Kier molecular flexibility index (Phi) is 4.71. The summed E-state index contributed by atoms with van der Waals surface area (Å²) >= 11 is 3.47. The van der Waals surface area contributed by atoms with Gasteiger partial charge in [0.25, 0.3) is 0 Å². The number of halogens is 1. The number of para-hydroxylation sites is 1. The summed E-state index contributed by atoms with van der Waals surface area (Å²) in [5, 5.41) is 0. The van der Waals surface area contributed by atoms with E-state index in [4.69, 9.17) is 9.47 Å². The van der Waals surface area contributed by atoms with E-state index in [-0.39, 0.29) is 25.4 Å². The van der Waals surface area contributed by atoms with E-state index in [9.17, 15) is 9.59 Å². The first-order chi connectivity index (χ1) is 11.6. The number of carbonyl (C=O) groups excluding carboxylic acids is 2. The first-order valence-corrected chi connectivity index (χ1v) is 8.55. The Labute approximate surface area is 148 Å². The van der Waals surface area contributed by atoms with Crippen LogP contribution in [0.15, 0.2) is 53.0 Å². The molecule has 2 aromatic carbocycles. The number of rotatable bonds is 5. The van der Waals surface area contributed by atoms with Gasteiger partial charge in [0.2, 0.25) is 0 Å². The third-order valence-electron chi connectivity index (χ3n) is 4.21. The average molecular weight is 389 g/mol. The summed E-state index contributed by atoms with van der Waals surface area (Å²) in [6.45, 7) is 2.15. The third-order valence-corrected chi connectivity index (χ3v) is 4.84. The lowest BCUT2D eigenvalue weighted by Gasteiger charge is -2.27. The van der Waals surface area contributed by atoms with Crippen molar-refractivity contribution in [2.75, 3.05) is 13.2 Å². The van der Waals surface area contributed by atoms with Gasteiger partial charge in [-0.1, -0.05) is 42.5 Å². The monoisotopic (exact) mass is 388 g/mol. The standard InChI is InChI=1S/C19H17BrO4/c1-2-23-17(22)11-16(21)19(13-7-4-3-5-8-13)12-24-18-14(19)9-6-10-15(18)20/h3-10H,2,11-12H2,1H3. The number of esters is 1. The molecule has 4 nitrogen and oxygen atoms in total. The quantitative estimate of drug-likeness (QED) is 0.579. The van der Waals surface area contributed by atoms with Crippen LogP contribution in [0.25, 0.3) is 0 Å². The van der Waals surface area contributed by atoms with Crippen LogP contribution in [-0.2, 0) is 19.7 Å². The summed E-state index contributed by atoms with van der Waals surface area (Å²) in [4.78, 5) is 25.0. The van der Waals surface area contributed by atoms with Crippen LogP contribution in [0.4, 0.5) is 0 Å². The van der Waals surface area contributed by atoms with Gasteiger partial charge >= 0.3 is 5.97 Å². The van der Waals surface area contributed by atoms with Crippen molar-refractivity contribution >= 4 is 27.7 Å². The molecule has 0 N–H and O–H groups in total. The highest BCUT2D eigenvalue weighted by Gasteiger charge is 2.49. The lowest BCUT2D eigenvalue weighted by molar-refractivity contribution is -0.146. The van der Waals surface area contributed by atoms with Crippen LogP contribution in [0.3, 0.4) is 0 Å². The fourth-order valence-electron chi connectivity index (χ4n) is 3.10. The largest absolute Gasteiger partial charge is 0.490 e. The highest BCUT2D eigenvalue weighted by atomic mass is 79.9. The number of carbonyl (C=O) groups is 2. The molecule has 1 aliphatic heterocycles. The zero-order valence-corrected chi connectivity index (χ0v) is 14.8. The van der Waals surface area contributed by atoms with E-state index in [0.717, 1.165) is 15.6 Å². The smallest absolute Gasteiger partial charge is 0.313 e. The Morgan fingerprint density at radius 2 is 1.92 bits per heavy atom. The van der Waals surface area contributed by atoms with E-state index in [1.807, 2.05) is 48.5 Å². The predicted octanol–water partition coefficient (Wildman–Crippen LogP) is 3.65. The van der Waals surface area contributed by atoms with Gasteiger partial charge in [0.1, 0.15) is 24.2 Å². The maximum atomic E-state index is 13.1. The summed E-state index contributed by atoms with van der Waals surface area (Å²) in [5.41, 5.74) is 0.598. The Balaban J connectivity index is 2.10. The van der Waals surface area contributed by atoms with Gasteiger partial charge in [-0.25, -0.2) is 0 Å². The van der Waals surface area contributed by atoms with Gasteiger partial charge in [-0.15, -0.1) is 0 Å². The highest BCUT2D eigenvalue weighted by Crippen LogP contribution is 2.47. The number of benzene rings is 2.